The van der Waals surface area contributed by atoms with Gasteiger partial charge in [0.05, 0.1) is 20.6 Å². The fourth-order valence-electron chi connectivity index (χ4n) is 0. The quantitative estimate of drug-likeness (QED) is 0.346. The average molecular weight is 105 g/mol. The highest BCUT2D eigenvalue weighted by Gasteiger charge is 1.87. The molecule has 0 aromatic rings. The molecular weight excluding hydrogens is 94.1 g/mol. The lowest BCUT2D eigenvalue weighted by atomic mass is 10.7. The molecule has 0 fully saturated rings. The lowest BCUT2D eigenvalue weighted by molar-refractivity contribution is -0.747. The van der Waals surface area contributed by atoms with Gasteiger partial charge in [0.1, 0.15) is 0 Å². The maximum atomic E-state index is 4.92. The Labute approximate surface area is 45.1 Å². The van der Waals surface area contributed by atoms with Crippen LogP contribution in [0.3, 0.4) is 0 Å². The zero-order chi connectivity index (χ0) is 5.21. The lowest BCUT2D eigenvalue weighted by Gasteiger charge is -2.33. The molecule has 0 N–H and O–H groups in total. The summed E-state index contributed by atoms with van der Waals surface area (Å²) in [7, 11) is 3.99. The van der Waals surface area contributed by atoms with E-state index in [1.165, 1.54) is 0 Å². The van der Waals surface area contributed by atoms with Crippen LogP contribution in [0.5, 0.6) is 0 Å². The van der Waals surface area contributed by atoms with E-state index in [9.17, 15) is 0 Å². The van der Waals surface area contributed by atoms with Gasteiger partial charge in [-0.25, -0.2) is 0 Å². The first-order valence-corrected chi connectivity index (χ1v) is 2.47. The van der Waals surface area contributed by atoms with Gasteiger partial charge in [0.25, 0.3) is 0 Å². The van der Waals surface area contributed by atoms with E-state index in [0.717, 1.165) is 6.54 Å². The van der Waals surface area contributed by atoms with Crippen molar-refractivity contribution in [2.24, 2.45) is 0 Å². The first kappa shape index (κ1) is 6.31. The zero-order valence-corrected chi connectivity index (χ0v) is 5.38. The minimum atomic E-state index is 0.653. The summed E-state index contributed by atoms with van der Waals surface area (Å²) in [6.45, 7) is 3.10. The van der Waals surface area contributed by atoms with Crippen LogP contribution in [0.1, 0.15) is 6.92 Å². The topological polar surface area (TPSA) is 0 Å². The molecule has 0 heterocycles. The van der Waals surface area contributed by atoms with Crippen molar-refractivity contribution in [2.45, 2.75) is 6.92 Å². The van der Waals surface area contributed by atoms with E-state index < -0.39 is 0 Å². The largest absolute Gasteiger partial charge is 0.495 e. The molecule has 0 aliphatic heterocycles. The Bertz CT molecular complexity index is 37.3. The van der Waals surface area contributed by atoms with Crippen molar-refractivity contribution in [1.29, 1.82) is 0 Å². The molecule has 0 spiro atoms. The number of rotatable bonds is 1. The highest BCUT2D eigenvalue weighted by molar-refractivity contribution is 7.52. The van der Waals surface area contributed by atoms with Crippen molar-refractivity contribution in [3.05, 3.63) is 0 Å². The van der Waals surface area contributed by atoms with Crippen molar-refractivity contribution in [3.63, 3.8) is 0 Å². The summed E-state index contributed by atoms with van der Waals surface area (Å²) in [6.07, 6.45) is 0. The van der Waals surface area contributed by atoms with Crippen molar-refractivity contribution in [2.75, 3.05) is 20.6 Å². The van der Waals surface area contributed by atoms with Gasteiger partial charge in [0.15, 0.2) is 0 Å². The highest BCUT2D eigenvalue weighted by Crippen LogP contribution is 1.85. The fourth-order valence-corrected chi connectivity index (χ4v) is 0. The van der Waals surface area contributed by atoms with Gasteiger partial charge in [-0.3, -0.25) is 0 Å². The van der Waals surface area contributed by atoms with Crippen LogP contribution in [0.2, 0.25) is 0 Å². The van der Waals surface area contributed by atoms with Gasteiger partial charge in [0, 0.05) is 0 Å². The minimum Gasteiger partial charge on any atom is -0.495 e. The monoisotopic (exact) mass is 105 g/mol. The molecule has 0 radical (unpaired) electrons. The molecule has 38 valence electrons. The standard InChI is InChI=1S/C4H11NS/c1-4-5(2,3)6/h4H2,1-3H3. The van der Waals surface area contributed by atoms with E-state index in [-0.39, 0.29) is 0 Å². The first-order valence-electron chi connectivity index (χ1n) is 2.10. The van der Waals surface area contributed by atoms with Gasteiger partial charge in [-0.15, -0.1) is 0 Å². The maximum absolute atomic E-state index is 4.92. The van der Waals surface area contributed by atoms with Gasteiger partial charge in [-0.2, -0.15) is 0 Å². The predicted molar refractivity (Wildman–Crippen MR) is 30.0 cm³/mol. The van der Waals surface area contributed by atoms with E-state index >= 15 is 0 Å². The summed E-state index contributed by atoms with van der Waals surface area (Å²) in [4.78, 5) is 0. The molecule has 1 nitrogen and oxygen atoms in total. The SMILES string of the molecule is CC[N+](C)(C)[S-]. The molecule has 0 amide bonds. The Morgan fingerprint density at radius 3 is 1.67 bits per heavy atom. The van der Waals surface area contributed by atoms with Crippen LogP contribution in [0.4, 0.5) is 0 Å². The number of hydrogen-bond acceptors (Lipinski definition) is 1. The summed E-state index contributed by atoms with van der Waals surface area (Å²) in [6, 6.07) is 0. The molecule has 0 aromatic heterocycles. The zero-order valence-electron chi connectivity index (χ0n) is 4.56. The Balaban J connectivity index is 3.17. The summed E-state index contributed by atoms with van der Waals surface area (Å²) in [5.74, 6) is 0. The van der Waals surface area contributed by atoms with Crippen LogP contribution < -0.4 is 0 Å². The average Bonchev–Trinajstić information content (AvgIpc) is 1.35. The van der Waals surface area contributed by atoms with Crippen LogP contribution in [0.25, 0.3) is 0 Å². The smallest absolute Gasteiger partial charge is 0.0589 e. The fraction of sp³-hybridized carbons (Fsp3) is 1.00. The molecule has 0 aromatic carbocycles. The second kappa shape index (κ2) is 1.85. The van der Waals surface area contributed by atoms with E-state index in [1.54, 1.807) is 0 Å². The molecule has 2 heteroatoms. The van der Waals surface area contributed by atoms with Crippen molar-refractivity contribution in [1.82, 2.24) is 0 Å². The lowest BCUT2D eigenvalue weighted by Crippen LogP contribution is -2.31. The van der Waals surface area contributed by atoms with Crippen LogP contribution in [0.15, 0.2) is 0 Å². The van der Waals surface area contributed by atoms with Gasteiger partial charge in [-0.05, 0) is 6.92 Å². The Hall–Kier alpha value is 0.310. The minimum absolute atomic E-state index is 0.653. The molecule has 0 aliphatic carbocycles. The molecule has 0 unspecified atom stereocenters. The maximum Gasteiger partial charge on any atom is 0.0589 e. The highest BCUT2D eigenvalue weighted by atomic mass is 32.1. The second-order valence-corrected chi connectivity index (χ2v) is 2.88. The molecule has 0 bridgehead atoms. The van der Waals surface area contributed by atoms with Crippen molar-refractivity contribution < 1.29 is 3.89 Å². The number of quaternary nitrogens is 1. The van der Waals surface area contributed by atoms with Gasteiger partial charge in [-0.1, -0.05) is 0 Å². The Morgan fingerprint density at radius 1 is 1.50 bits per heavy atom. The number of nitrogens with zero attached hydrogens (tertiary/aromatic N) is 1. The van der Waals surface area contributed by atoms with E-state index in [1.807, 2.05) is 14.1 Å². The molecule has 0 aliphatic rings. The van der Waals surface area contributed by atoms with Crippen molar-refractivity contribution in [3.8, 4) is 0 Å². The summed E-state index contributed by atoms with van der Waals surface area (Å²) in [5.41, 5.74) is 0. The summed E-state index contributed by atoms with van der Waals surface area (Å²) in [5, 5.41) is 0. The molecular formula is C4H11NS. The van der Waals surface area contributed by atoms with Crippen LogP contribution in [-0.2, 0) is 12.8 Å². The third-order valence-corrected chi connectivity index (χ3v) is 1.02. The Kier molecular flexibility index (Phi) is 1.94. The predicted octanol–water partition coefficient (Wildman–Crippen LogP) is 0.545. The van der Waals surface area contributed by atoms with E-state index in [2.05, 4.69) is 6.92 Å². The van der Waals surface area contributed by atoms with Gasteiger partial charge in [0.2, 0.25) is 0 Å². The Morgan fingerprint density at radius 2 is 1.67 bits per heavy atom. The second-order valence-electron chi connectivity index (χ2n) is 1.89. The summed E-state index contributed by atoms with van der Waals surface area (Å²) >= 11 is 4.92. The van der Waals surface area contributed by atoms with Crippen molar-refractivity contribution >= 4 is 12.8 Å². The molecule has 0 saturated carbocycles. The molecule has 0 rings (SSSR count). The van der Waals surface area contributed by atoms with Crippen LogP contribution in [-0.4, -0.2) is 24.5 Å². The molecule has 0 saturated heterocycles. The van der Waals surface area contributed by atoms with Crippen LogP contribution in [0, 0.1) is 0 Å². The van der Waals surface area contributed by atoms with Gasteiger partial charge >= 0.3 is 0 Å². The van der Waals surface area contributed by atoms with E-state index in [0.29, 0.717) is 3.89 Å². The molecule has 6 heavy (non-hydrogen) atoms. The van der Waals surface area contributed by atoms with E-state index in [4.69, 9.17) is 12.8 Å². The van der Waals surface area contributed by atoms with Gasteiger partial charge < -0.3 is 16.7 Å². The normalized spacial score (nSPS) is 12.0. The molecule has 0 atom stereocenters. The third-order valence-electron chi connectivity index (χ3n) is 0.762. The first-order chi connectivity index (χ1) is 2.56. The summed E-state index contributed by atoms with van der Waals surface area (Å²) < 4.78 is 0.653. The van der Waals surface area contributed by atoms with Crippen LogP contribution >= 0.6 is 0 Å². The third kappa shape index (κ3) is 4.31. The number of hydrogen-bond donors (Lipinski definition) is 0.